The Bertz CT molecular complexity index is 794. The van der Waals surface area contributed by atoms with Gasteiger partial charge in [-0.2, -0.15) is 0 Å². The molecule has 2 rings (SSSR count). The van der Waals surface area contributed by atoms with Crippen molar-refractivity contribution in [2.24, 2.45) is 0 Å². The van der Waals surface area contributed by atoms with E-state index in [1.54, 1.807) is 31.2 Å². The highest BCUT2D eigenvalue weighted by Crippen LogP contribution is 2.34. The summed E-state index contributed by atoms with van der Waals surface area (Å²) >= 11 is 17.8. The molecular formula is C17H15Cl3N2O3. The van der Waals surface area contributed by atoms with Crippen molar-refractivity contribution in [2.45, 2.75) is 20.0 Å². The van der Waals surface area contributed by atoms with Gasteiger partial charge < -0.3 is 15.4 Å². The number of nitrogens with one attached hydrogen (secondary N) is 2. The predicted octanol–water partition coefficient (Wildman–Crippen LogP) is 5.01. The molecule has 8 heteroatoms. The number of rotatable bonds is 5. The molecule has 2 amide bonds. The quantitative estimate of drug-likeness (QED) is 0.692. The summed E-state index contributed by atoms with van der Waals surface area (Å²) in [6.45, 7) is 3.00. The van der Waals surface area contributed by atoms with Gasteiger partial charge in [-0.15, -0.1) is 0 Å². The van der Waals surface area contributed by atoms with Crippen LogP contribution in [0.5, 0.6) is 5.75 Å². The second-order valence-corrected chi connectivity index (χ2v) is 6.43. The number of hydrogen-bond acceptors (Lipinski definition) is 3. The van der Waals surface area contributed by atoms with Crippen LogP contribution in [0.25, 0.3) is 0 Å². The molecule has 25 heavy (non-hydrogen) atoms. The highest BCUT2D eigenvalue weighted by molar-refractivity contribution is 6.43. The minimum absolute atomic E-state index is 0.169. The topological polar surface area (TPSA) is 67.4 Å². The third kappa shape index (κ3) is 5.53. The molecule has 0 radical (unpaired) electrons. The molecule has 0 heterocycles. The fraction of sp³-hybridized carbons (Fsp3) is 0.176. The molecule has 0 aliphatic rings. The summed E-state index contributed by atoms with van der Waals surface area (Å²) in [5.74, 6) is -0.272. The summed E-state index contributed by atoms with van der Waals surface area (Å²) in [5.41, 5.74) is 1.20. The van der Waals surface area contributed by atoms with Crippen molar-refractivity contribution in [1.29, 1.82) is 0 Å². The monoisotopic (exact) mass is 400 g/mol. The Morgan fingerprint density at radius 3 is 2.00 bits per heavy atom. The van der Waals surface area contributed by atoms with Gasteiger partial charge in [-0.3, -0.25) is 9.59 Å². The van der Waals surface area contributed by atoms with Crippen molar-refractivity contribution in [3.8, 4) is 5.75 Å². The minimum atomic E-state index is -0.815. The molecule has 1 atom stereocenters. The molecule has 2 aromatic carbocycles. The number of ether oxygens (including phenoxy) is 1. The van der Waals surface area contributed by atoms with Crippen molar-refractivity contribution in [1.82, 2.24) is 0 Å². The third-order valence-corrected chi connectivity index (χ3v) is 4.14. The van der Waals surface area contributed by atoms with E-state index in [9.17, 15) is 9.59 Å². The van der Waals surface area contributed by atoms with Gasteiger partial charge in [0.2, 0.25) is 5.91 Å². The molecule has 0 aromatic heterocycles. The molecule has 5 nitrogen and oxygen atoms in total. The second-order valence-electron chi connectivity index (χ2n) is 5.20. The molecule has 0 bridgehead atoms. The van der Waals surface area contributed by atoms with E-state index in [1.807, 2.05) is 0 Å². The third-order valence-electron chi connectivity index (χ3n) is 3.12. The van der Waals surface area contributed by atoms with Crippen LogP contribution >= 0.6 is 34.8 Å². The van der Waals surface area contributed by atoms with Crippen molar-refractivity contribution >= 4 is 58.0 Å². The summed E-state index contributed by atoms with van der Waals surface area (Å²) < 4.78 is 5.55. The molecule has 2 N–H and O–H groups in total. The van der Waals surface area contributed by atoms with Crippen LogP contribution in [-0.4, -0.2) is 17.9 Å². The van der Waals surface area contributed by atoms with E-state index >= 15 is 0 Å². The zero-order chi connectivity index (χ0) is 18.6. The van der Waals surface area contributed by atoms with Crippen molar-refractivity contribution in [3.63, 3.8) is 0 Å². The van der Waals surface area contributed by atoms with E-state index in [0.717, 1.165) is 0 Å². The van der Waals surface area contributed by atoms with Crippen LogP contribution in [0, 0.1) is 0 Å². The lowest BCUT2D eigenvalue weighted by atomic mass is 10.2. The smallest absolute Gasteiger partial charge is 0.265 e. The average molecular weight is 402 g/mol. The lowest BCUT2D eigenvalue weighted by Gasteiger charge is -2.16. The van der Waals surface area contributed by atoms with E-state index < -0.39 is 6.10 Å². The molecule has 0 fully saturated rings. The summed E-state index contributed by atoms with van der Waals surface area (Å²) in [4.78, 5) is 23.2. The Balaban J connectivity index is 2.00. The van der Waals surface area contributed by atoms with E-state index in [1.165, 1.54) is 19.1 Å². The number of carbonyl (C=O) groups is 2. The second kappa shape index (κ2) is 8.43. The van der Waals surface area contributed by atoms with Crippen molar-refractivity contribution < 1.29 is 14.3 Å². The van der Waals surface area contributed by atoms with Crippen LogP contribution < -0.4 is 15.4 Å². The number of hydrogen-bond donors (Lipinski definition) is 2. The maximum Gasteiger partial charge on any atom is 0.265 e. The number of carbonyl (C=O) groups excluding carboxylic acids is 2. The van der Waals surface area contributed by atoms with Gasteiger partial charge in [0.05, 0.1) is 15.1 Å². The number of amides is 2. The average Bonchev–Trinajstić information content (AvgIpc) is 2.53. The molecule has 132 valence electrons. The summed E-state index contributed by atoms with van der Waals surface area (Å²) in [7, 11) is 0. The molecular weight excluding hydrogens is 387 g/mol. The van der Waals surface area contributed by atoms with Crippen LogP contribution in [0.4, 0.5) is 11.4 Å². The van der Waals surface area contributed by atoms with Gasteiger partial charge in [-0.25, -0.2) is 0 Å². The van der Waals surface area contributed by atoms with Gasteiger partial charge in [-0.1, -0.05) is 34.8 Å². The predicted molar refractivity (Wildman–Crippen MR) is 101 cm³/mol. The summed E-state index contributed by atoms with van der Waals surface area (Å²) in [6.07, 6.45) is -0.815. The van der Waals surface area contributed by atoms with E-state index in [2.05, 4.69) is 10.6 Å². The number of halogens is 3. The molecule has 0 aliphatic heterocycles. The van der Waals surface area contributed by atoms with Gasteiger partial charge in [-0.05, 0) is 37.3 Å². The van der Waals surface area contributed by atoms with Crippen LogP contribution in [0.3, 0.4) is 0 Å². The first kappa shape index (κ1) is 19.4. The Hall–Kier alpha value is -1.95. The lowest BCUT2D eigenvalue weighted by Crippen LogP contribution is -2.30. The van der Waals surface area contributed by atoms with Gasteiger partial charge in [0.15, 0.2) is 6.10 Å². The SMILES string of the molecule is CC(=O)Nc1ccc(NC(=O)C(C)Oc2cc(Cl)c(Cl)cc2Cl)cc1. The minimum Gasteiger partial charge on any atom is -0.479 e. The highest BCUT2D eigenvalue weighted by Gasteiger charge is 2.17. The standard InChI is InChI=1S/C17H15Cl3N2O3/c1-9(25-16-8-14(19)13(18)7-15(16)20)17(24)22-12-5-3-11(4-6-12)21-10(2)23/h3-9H,1-2H3,(H,21,23)(H,22,24). The zero-order valence-corrected chi connectivity index (χ0v) is 15.7. The van der Waals surface area contributed by atoms with Gasteiger partial charge in [0.1, 0.15) is 5.75 Å². The first-order chi connectivity index (χ1) is 11.8. The Kier molecular flexibility index (Phi) is 6.53. The Labute approximate surface area is 160 Å². The van der Waals surface area contributed by atoms with Crippen LogP contribution in [0.15, 0.2) is 36.4 Å². The molecule has 0 saturated heterocycles. The molecule has 0 saturated carbocycles. The fourth-order valence-electron chi connectivity index (χ4n) is 1.92. The van der Waals surface area contributed by atoms with Crippen LogP contribution in [-0.2, 0) is 9.59 Å². The maximum absolute atomic E-state index is 12.2. The van der Waals surface area contributed by atoms with Crippen molar-refractivity contribution in [3.05, 3.63) is 51.5 Å². The van der Waals surface area contributed by atoms with Crippen LogP contribution in [0.2, 0.25) is 15.1 Å². The van der Waals surface area contributed by atoms with E-state index in [0.29, 0.717) is 16.4 Å². The number of benzene rings is 2. The summed E-state index contributed by atoms with van der Waals surface area (Å²) in [5, 5.41) is 6.19. The van der Waals surface area contributed by atoms with Gasteiger partial charge in [0.25, 0.3) is 5.91 Å². The zero-order valence-electron chi connectivity index (χ0n) is 13.4. The largest absolute Gasteiger partial charge is 0.479 e. The van der Waals surface area contributed by atoms with Gasteiger partial charge >= 0.3 is 0 Å². The number of anilines is 2. The Morgan fingerprint density at radius 1 is 0.920 bits per heavy atom. The normalized spacial score (nSPS) is 11.6. The molecule has 0 aliphatic carbocycles. The van der Waals surface area contributed by atoms with E-state index in [4.69, 9.17) is 39.5 Å². The first-order valence-electron chi connectivity index (χ1n) is 7.26. The lowest BCUT2D eigenvalue weighted by molar-refractivity contribution is -0.122. The first-order valence-corrected chi connectivity index (χ1v) is 8.39. The molecule has 0 spiro atoms. The maximum atomic E-state index is 12.2. The molecule has 1 unspecified atom stereocenters. The Morgan fingerprint density at radius 2 is 1.44 bits per heavy atom. The van der Waals surface area contributed by atoms with Crippen LogP contribution in [0.1, 0.15) is 13.8 Å². The summed E-state index contributed by atoms with van der Waals surface area (Å²) in [6, 6.07) is 9.60. The fourth-order valence-corrected chi connectivity index (χ4v) is 2.50. The van der Waals surface area contributed by atoms with E-state index in [-0.39, 0.29) is 27.6 Å². The molecule has 2 aromatic rings. The van der Waals surface area contributed by atoms with Gasteiger partial charge in [0, 0.05) is 24.4 Å². The highest BCUT2D eigenvalue weighted by atomic mass is 35.5. The van der Waals surface area contributed by atoms with Crippen molar-refractivity contribution in [2.75, 3.05) is 10.6 Å².